The molecule has 0 saturated heterocycles. The van der Waals surface area contributed by atoms with Crippen LogP contribution in [-0.2, 0) is 10.0 Å². The van der Waals surface area contributed by atoms with Crippen molar-refractivity contribution in [1.82, 2.24) is 4.72 Å². The van der Waals surface area contributed by atoms with E-state index in [4.69, 9.17) is 10.9 Å². The molecule has 4 N–H and O–H groups in total. The highest BCUT2D eigenvalue weighted by Gasteiger charge is 2.23. The van der Waals surface area contributed by atoms with Crippen LogP contribution in [0.3, 0.4) is 0 Å². The van der Waals surface area contributed by atoms with E-state index in [2.05, 4.69) is 5.16 Å². The number of rotatable bonds is 4. The summed E-state index contributed by atoms with van der Waals surface area (Å²) in [6, 6.07) is 0.957. The van der Waals surface area contributed by atoms with Crippen LogP contribution in [0.5, 0.6) is 0 Å². The molecule has 9 heteroatoms. The van der Waals surface area contributed by atoms with Crippen LogP contribution in [0.15, 0.2) is 28.3 Å². The molecule has 0 saturated carbocycles. The second kappa shape index (κ2) is 5.27. The molecule has 1 rings (SSSR count). The van der Waals surface area contributed by atoms with Crippen molar-refractivity contribution in [2.45, 2.75) is 17.9 Å². The Hall–Kier alpha value is -1.74. The highest BCUT2D eigenvalue weighted by Crippen LogP contribution is 2.15. The van der Waals surface area contributed by atoms with Crippen molar-refractivity contribution >= 4 is 15.9 Å². The molecule has 100 valence electrons. The molecule has 1 aromatic carbocycles. The molecular weight excluding hydrogens is 268 g/mol. The maximum Gasteiger partial charge on any atom is 0.244 e. The number of halogens is 2. The van der Waals surface area contributed by atoms with Crippen LogP contribution in [0, 0.1) is 11.6 Å². The average molecular weight is 279 g/mol. The molecular formula is C9H11F2N3O3S. The van der Waals surface area contributed by atoms with Gasteiger partial charge < -0.3 is 10.9 Å². The summed E-state index contributed by atoms with van der Waals surface area (Å²) in [5.74, 6) is -2.40. The van der Waals surface area contributed by atoms with Gasteiger partial charge in [0.2, 0.25) is 10.0 Å². The fourth-order valence-electron chi connectivity index (χ4n) is 1.13. The summed E-state index contributed by atoms with van der Waals surface area (Å²) in [6.07, 6.45) is 0. The van der Waals surface area contributed by atoms with E-state index in [-0.39, 0.29) is 0 Å². The van der Waals surface area contributed by atoms with E-state index in [1.807, 2.05) is 4.72 Å². The molecule has 0 heterocycles. The van der Waals surface area contributed by atoms with Crippen molar-refractivity contribution in [3.63, 3.8) is 0 Å². The van der Waals surface area contributed by atoms with Gasteiger partial charge >= 0.3 is 0 Å². The predicted molar refractivity (Wildman–Crippen MR) is 59.6 cm³/mol. The first-order valence-electron chi connectivity index (χ1n) is 4.72. The van der Waals surface area contributed by atoms with Gasteiger partial charge in [-0.3, -0.25) is 0 Å². The molecule has 0 bridgehead atoms. The van der Waals surface area contributed by atoms with E-state index in [0.717, 1.165) is 6.07 Å². The molecule has 0 aromatic heterocycles. The van der Waals surface area contributed by atoms with Crippen LogP contribution in [0.1, 0.15) is 6.92 Å². The van der Waals surface area contributed by atoms with Gasteiger partial charge in [-0.1, -0.05) is 5.16 Å². The van der Waals surface area contributed by atoms with Crippen LogP contribution in [0.4, 0.5) is 8.78 Å². The van der Waals surface area contributed by atoms with Gasteiger partial charge in [-0.15, -0.1) is 0 Å². The highest BCUT2D eigenvalue weighted by atomic mass is 32.2. The number of oxime groups is 1. The zero-order valence-electron chi connectivity index (χ0n) is 9.26. The first-order chi connectivity index (χ1) is 8.27. The smallest absolute Gasteiger partial charge is 0.244 e. The Morgan fingerprint density at radius 1 is 1.50 bits per heavy atom. The predicted octanol–water partition coefficient (Wildman–Crippen LogP) is 0.378. The summed E-state index contributed by atoms with van der Waals surface area (Å²) in [5.41, 5.74) is 5.17. The van der Waals surface area contributed by atoms with Gasteiger partial charge in [-0.2, -0.15) is 0 Å². The molecule has 18 heavy (non-hydrogen) atoms. The topological polar surface area (TPSA) is 105 Å². The van der Waals surface area contributed by atoms with Gasteiger partial charge in [0, 0.05) is 0 Å². The van der Waals surface area contributed by atoms with Crippen LogP contribution in [-0.4, -0.2) is 25.5 Å². The van der Waals surface area contributed by atoms with Crippen molar-refractivity contribution in [3.05, 3.63) is 29.8 Å². The highest BCUT2D eigenvalue weighted by molar-refractivity contribution is 7.89. The zero-order valence-corrected chi connectivity index (χ0v) is 10.1. The lowest BCUT2D eigenvalue weighted by atomic mass is 10.3. The summed E-state index contributed by atoms with van der Waals surface area (Å²) in [7, 11) is -4.30. The fraction of sp³-hybridized carbons (Fsp3) is 0.222. The van der Waals surface area contributed by atoms with Gasteiger partial charge in [0.1, 0.15) is 16.5 Å². The quantitative estimate of drug-likeness (QED) is 0.320. The monoisotopic (exact) mass is 279 g/mol. The third-order valence-electron chi connectivity index (χ3n) is 2.07. The Kier molecular flexibility index (Phi) is 4.19. The zero-order chi connectivity index (χ0) is 13.9. The van der Waals surface area contributed by atoms with Crippen LogP contribution in [0.2, 0.25) is 0 Å². The van der Waals surface area contributed by atoms with Crippen LogP contribution < -0.4 is 10.5 Å². The lowest BCUT2D eigenvalue weighted by Crippen LogP contribution is -2.42. The number of hydrogen-bond donors (Lipinski definition) is 3. The number of sulfonamides is 1. The Balaban J connectivity index is 3.11. The Morgan fingerprint density at radius 3 is 2.67 bits per heavy atom. The van der Waals surface area contributed by atoms with E-state index < -0.39 is 38.4 Å². The van der Waals surface area contributed by atoms with Crippen LogP contribution >= 0.6 is 0 Å². The summed E-state index contributed by atoms with van der Waals surface area (Å²) in [4.78, 5) is -0.847. The minimum atomic E-state index is -4.30. The third kappa shape index (κ3) is 3.14. The van der Waals surface area contributed by atoms with E-state index >= 15 is 0 Å². The number of nitrogens with zero attached hydrogens (tertiary/aromatic N) is 1. The van der Waals surface area contributed by atoms with E-state index in [9.17, 15) is 17.2 Å². The first-order valence-corrected chi connectivity index (χ1v) is 6.21. The standard InChI is InChI=1S/C9H11F2N3O3S/c1-5(9(12)13-15)14-18(16,17)8-4-6(10)2-3-7(8)11/h2-5,14-15H,1H3,(H2,12,13). The molecule has 0 aliphatic rings. The maximum atomic E-state index is 13.3. The molecule has 1 unspecified atom stereocenters. The van der Waals surface area contributed by atoms with Crippen molar-refractivity contribution in [2.75, 3.05) is 0 Å². The summed E-state index contributed by atoms with van der Waals surface area (Å²) in [5, 5.41) is 11.0. The van der Waals surface area contributed by atoms with E-state index in [1.165, 1.54) is 6.92 Å². The molecule has 0 aliphatic heterocycles. The van der Waals surface area contributed by atoms with Crippen molar-refractivity contribution in [2.24, 2.45) is 10.9 Å². The summed E-state index contributed by atoms with van der Waals surface area (Å²) >= 11 is 0. The Bertz CT molecular complexity index is 574. The minimum Gasteiger partial charge on any atom is -0.409 e. The second-order valence-corrected chi connectivity index (χ2v) is 5.12. The molecule has 1 atom stereocenters. The molecule has 0 aliphatic carbocycles. The number of amidine groups is 1. The number of hydrogen-bond acceptors (Lipinski definition) is 4. The molecule has 0 amide bonds. The second-order valence-electron chi connectivity index (χ2n) is 3.44. The van der Waals surface area contributed by atoms with Gasteiger partial charge in [-0.05, 0) is 25.1 Å². The van der Waals surface area contributed by atoms with Crippen LogP contribution in [0.25, 0.3) is 0 Å². The van der Waals surface area contributed by atoms with E-state index in [0.29, 0.717) is 12.1 Å². The fourth-order valence-corrected chi connectivity index (χ4v) is 2.43. The summed E-state index contributed by atoms with van der Waals surface area (Å²) < 4.78 is 51.6. The van der Waals surface area contributed by atoms with Crippen molar-refractivity contribution in [3.8, 4) is 0 Å². The van der Waals surface area contributed by atoms with Crippen molar-refractivity contribution in [1.29, 1.82) is 0 Å². The lowest BCUT2D eigenvalue weighted by Gasteiger charge is -2.13. The van der Waals surface area contributed by atoms with Gasteiger partial charge in [-0.25, -0.2) is 21.9 Å². The lowest BCUT2D eigenvalue weighted by molar-refractivity contribution is 0.316. The Morgan fingerprint density at radius 2 is 2.11 bits per heavy atom. The third-order valence-corrected chi connectivity index (χ3v) is 3.63. The van der Waals surface area contributed by atoms with E-state index in [1.54, 1.807) is 0 Å². The number of nitrogens with one attached hydrogen (secondary N) is 1. The van der Waals surface area contributed by atoms with Gasteiger partial charge in [0.05, 0.1) is 6.04 Å². The largest absolute Gasteiger partial charge is 0.409 e. The SMILES string of the molecule is CC(NS(=O)(=O)c1cc(F)ccc1F)/C(N)=N/O. The maximum absolute atomic E-state index is 13.3. The number of benzene rings is 1. The van der Waals surface area contributed by atoms with Gasteiger partial charge in [0.15, 0.2) is 5.84 Å². The Labute approximate surface area is 102 Å². The molecule has 0 radical (unpaired) electrons. The molecule has 0 fully saturated rings. The molecule has 0 spiro atoms. The van der Waals surface area contributed by atoms with Gasteiger partial charge in [0.25, 0.3) is 0 Å². The summed E-state index contributed by atoms with van der Waals surface area (Å²) in [6.45, 7) is 1.28. The first kappa shape index (κ1) is 14.3. The number of nitrogens with two attached hydrogens (primary N) is 1. The average Bonchev–Trinajstić information content (AvgIpc) is 2.30. The normalized spacial score (nSPS) is 14.5. The minimum absolute atomic E-state index is 0.407. The van der Waals surface area contributed by atoms with Crippen molar-refractivity contribution < 1.29 is 22.4 Å². The molecule has 6 nitrogen and oxygen atoms in total. The molecule has 1 aromatic rings.